The first-order valence-corrected chi connectivity index (χ1v) is 10.6. The molecule has 2 aromatic carbocycles. The molecule has 0 saturated heterocycles. The van der Waals surface area contributed by atoms with Gasteiger partial charge in [-0.1, -0.05) is 30.3 Å². The first kappa shape index (κ1) is 20.1. The van der Waals surface area contributed by atoms with Crippen LogP contribution in [-0.4, -0.2) is 33.7 Å². The van der Waals surface area contributed by atoms with E-state index in [2.05, 4.69) is 15.2 Å². The van der Waals surface area contributed by atoms with E-state index >= 15 is 0 Å². The fourth-order valence-corrected chi connectivity index (χ4v) is 4.20. The van der Waals surface area contributed by atoms with Crippen LogP contribution in [0.2, 0.25) is 0 Å². The van der Waals surface area contributed by atoms with Gasteiger partial charge < -0.3 is 15.1 Å². The van der Waals surface area contributed by atoms with Gasteiger partial charge in [0.25, 0.3) is 0 Å². The zero-order chi connectivity index (χ0) is 22.1. The molecule has 7 heteroatoms. The summed E-state index contributed by atoms with van der Waals surface area (Å²) in [6.45, 7) is 2.33. The predicted octanol–water partition coefficient (Wildman–Crippen LogP) is 3.57. The van der Waals surface area contributed by atoms with Gasteiger partial charge in [-0.15, -0.1) is 10.2 Å². The number of carbonyl (C=O) groups excluding carboxylic acids is 1. The second-order valence-corrected chi connectivity index (χ2v) is 7.92. The van der Waals surface area contributed by atoms with Crippen molar-refractivity contribution in [2.24, 2.45) is 5.73 Å². The Labute approximate surface area is 185 Å². The van der Waals surface area contributed by atoms with Crippen LogP contribution in [0.3, 0.4) is 0 Å². The Morgan fingerprint density at radius 2 is 1.88 bits per heavy atom. The Hall–Kier alpha value is -3.84. The van der Waals surface area contributed by atoms with E-state index in [0.29, 0.717) is 31.2 Å². The Morgan fingerprint density at radius 1 is 1.09 bits per heavy atom. The van der Waals surface area contributed by atoms with Crippen molar-refractivity contribution in [2.75, 3.05) is 11.4 Å². The average Bonchev–Trinajstić information content (AvgIpc) is 3.45. The second kappa shape index (κ2) is 8.36. The van der Waals surface area contributed by atoms with Crippen molar-refractivity contribution in [2.45, 2.75) is 25.8 Å². The lowest BCUT2D eigenvalue weighted by Crippen LogP contribution is -2.44. The molecule has 0 saturated carbocycles. The summed E-state index contributed by atoms with van der Waals surface area (Å²) in [6, 6.07) is 17.2. The van der Waals surface area contributed by atoms with E-state index < -0.39 is 6.04 Å². The summed E-state index contributed by atoms with van der Waals surface area (Å²) in [5, 5.41) is 8.22. The molecule has 5 rings (SSSR count). The Bertz CT molecular complexity index is 1250. The molecule has 0 fully saturated rings. The molecule has 7 nitrogen and oxygen atoms in total. The van der Waals surface area contributed by atoms with Crippen molar-refractivity contribution in [3.05, 3.63) is 84.0 Å². The first-order valence-electron chi connectivity index (χ1n) is 10.6. The topological polar surface area (TPSA) is 98.1 Å². The van der Waals surface area contributed by atoms with Crippen molar-refractivity contribution < 1.29 is 9.21 Å². The maximum atomic E-state index is 13.4. The van der Waals surface area contributed by atoms with Gasteiger partial charge in [-0.2, -0.15) is 0 Å². The van der Waals surface area contributed by atoms with Crippen LogP contribution >= 0.6 is 0 Å². The lowest BCUT2D eigenvalue weighted by atomic mass is 9.97. The smallest absolute Gasteiger partial charge is 0.248 e. The highest BCUT2D eigenvalue weighted by Crippen LogP contribution is 2.40. The lowest BCUT2D eigenvalue weighted by molar-refractivity contribution is -0.119. The standard InChI is InChI=1S/C25H23N5O2/c1-16-28-29-24(32-16)21-14-19(18-7-10-27-11-8-18)15-23-20(21)9-12-30(23)25(31)22(26)13-17-5-3-2-4-6-17/h2-8,10-11,14-15,22H,9,12-13,26H2,1H3/t22-/m0/s1. The fourth-order valence-electron chi connectivity index (χ4n) is 4.20. The lowest BCUT2D eigenvalue weighted by Gasteiger charge is -2.22. The van der Waals surface area contributed by atoms with Crippen LogP contribution in [0.4, 0.5) is 5.69 Å². The summed E-state index contributed by atoms with van der Waals surface area (Å²) in [6.07, 6.45) is 4.69. The molecule has 0 unspecified atom stereocenters. The van der Waals surface area contributed by atoms with Crippen molar-refractivity contribution in [1.82, 2.24) is 15.2 Å². The third-order valence-corrected chi connectivity index (χ3v) is 5.75. The molecule has 32 heavy (non-hydrogen) atoms. The highest BCUT2D eigenvalue weighted by molar-refractivity contribution is 6.01. The van der Waals surface area contributed by atoms with E-state index in [-0.39, 0.29) is 5.91 Å². The minimum absolute atomic E-state index is 0.0906. The van der Waals surface area contributed by atoms with Gasteiger partial charge in [0.05, 0.1) is 6.04 Å². The molecule has 1 aliphatic heterocycles. The largest absolute Gasteiger partial charge is 0.421 e. The maximum absolute atomic E-state index is 13.4. The van der Waals surface area contributed by atoms with E-state index in [1.165, 1.54) is 0 Å². The SMILES string of the molecule is Cc1nnc(-c2cc(-c3ccncc3)cc3c2CCN3C(=O)[C@@H](N)Cc2ccccc2)o1. The number of aryl methyl sites for hydroxylation is 1. The van der Waals surface area contributed by atoms with Crippen LogP contribution in [-0.2, 0) is 17.6 Å². The molecule has 0 radical (unpaired) electrons. The van der Waals surface area contributed by atoms with E-state index in [4.69, 9.17) is 10.2 Å². The van der Waals surface area contributed by atoms with E-state index in [1.807, 2.05) is 54.6 Å². The first-order chi connectivity index (χ1) is 15.6. The second-order valence-electron chi connectivity index (χ2n) is 7.92. The van der Waals surface area contributed by atoms with Crippen molar-refractivity contribution in [1.29, 1.82) is 0 Å². The summed E-state index contributed by atoms with van der Waals surface area (Å²) in [4.78, 5) is 19.3. The third kappa shape index (κ3) is 3.78. The number of benzene rings is 2. The van der Waals surface area contributed by atoms with Crippen LogP contribution < -0.4 is 10.6 Å². The zero-order valence-electron chi connectivity index (χ0n) is 17.7. The van der Waals surface area contributed by atoms with Gasteiger partial charge in [-0.3, -0.25) is 9.78 Å². The summed E-state index contributed by atoms with van der Waals surface area (Å²) in [5.74, 6) is 0.864. The normalized spacial score (nSPS) is 13.8. The van der Waals surface area contributed by atoms with Gasteiger partial charge in [0.2, 0.25) is 17.7 Å². The number of carbonyl (C=O) groups is 1. The number of anilines is 1. The number of nitrogens with two attached hydrogens (primary N) is 1. The van der Waals surface area contributed by atoms with Gasteiger partial charge >= 0.3 is 0 Å². The highest BCUT2D eigenvalue weighted by Gasteiger charge is 2.32. The van der Waals surface area contributed by atoms with Crippen molar-refractivity contribution in [3.63, 3.8) is 0 Å². The van der Waals surface area contributed by atoms with Gasteiger partial charge in [0.15, 0.2) is 0 Å². The molecule has 1 atom stereocenters. The number of nitrogens with zero attached hydrogens (tertiary/aromatic N) is 4. The molecule has 0 bridgehead atoms. The summed E-state index contributed by atoms with van der Waals surface area (Å²) in [5.41, 5.74) is 12.1. The Morgan fingerprint density at radius 3 is 2.59 bits per heavy atom. The number of pyridine rings is 1. The minimum atomic E-state index is -0.623. The van der Waals surface area contributed by atoms with Crippen molar-refractivity contribution in [3.8, 4) is 22.6 Å². The molecule has 3 heterocycles. The fraction of sp³-hybridized carbons (Fsp3) is 0.200. The molecule has 1 aliphatic rings. The van der Waals surface area contributed by atoms with Crippen molar-refractivity contribution >= 4 is 11.6 Å². The molecule has 2 aromatic heterocycles. The molecule has 1 amide bonds. The summed E-state index contributed by atoms with van der Waals surface area (Å²) >= 11 is 0. The number of aromatic nitrogens is 3. The van der Waals surface area contributed by atoms with Gasteiger partial charge in [-0.25, -0.2) is 0 Å². The average molecular weight is 425 g/mol. The van der Waals surface area contributed by atoms with E-state index in [1.54, 1.807) is 24.2 Å². The van der Waals surface area contributed by atoms with Gasteiger partial charge in [0, 0.05) is 37.1 Å². The number of fused-ring (bicyclic) bond motifs is 1. The summed E-state index contributed by atoms with van der Waals surface area (Å²) < 4.78 is 5.75. The van der Waals surface area contributed by atoms with Crippen LogP contribution in [0, 0.1) is 6.92 Å². The molecule has 0 aliphatic carbocycles. The molecular weight excluding hydrogens is 402 g/mol. The third-order valence-electron chi connectivity index (χ3n) is 5.75. The van der Waals surface area contributed by atoms with Gasteiger partial charge in [-0.05, 0) is 59.4 Å². The Kier molecular flexibility index (Phi) is 5.25. The van der Waals surface area contributed by atoms with Crippen LogP contribution in [0.25, 0.3) is 22.6 Å². The van der Waals surface area contributed by atoms with Crippen LogP contribution in [0.15, 0.2) is 71.4 Å². The molecule has 0 spiro atoms. The highest BCUT2D eigenvalue weighted by atomic mass is 16.4. The van der Waals surface area contributed by atoms with Crippen LogP contribution in [0.5, 0.6) is 0 Å². The quantitative estimate of drug-likeness (QED) is 0.525. The summed E-state index contributed by atoms with van der Waals surface area (Å²) in [7, 11) is 0. The molecule has 4 aromatic rings. The molecule has 160 valence electrons. The van der Waals surface area contributed by atoms with E-state index in [9.17, 15) is 4.79 Å². The molecular formula is C25H23N5O2. The molecule has 2 N–H and O–H groups in total. The number of amides is 1. The minimum Gasteiger partial charge on any atom is -0.421 e. The predicted molar refractivity (Wildman–Crippen MR) is 122 cm³/mol. The number of hydrogen-bond acceptors (Lipinski definition) is 6. The number of hydrogen-bond donors (Lipinski definition) is 1. The Balaban J connectivity index is 1.54. The van der Waals surface area contributed by atoms with Crippen LogP contribution in [0.1, 0.15) is 17.0 Å². The van der Waals surface area contributed by atoms with Gasteiger partial charge in [0.1, 0.15) is 0 Å². The zero-order valence-corrected chi connectivity index (χ0v) is 17.7. The number of rotatable bonds is 5. The monoisotopic (exact) mass is 425 g/mol. The van der Waals surface area contributed by atoms with E-state index in [0.717, 1.165) is 33.5 Å². The maximum Gasteiger partial charge on any atom is 0.248 e.